The van der Waals surface area contributed by atoms with Gasteiger partial charge in [-0.3, -0.25) is 0 Å². The Morgan fingerprint density at radius 2 is 2.16 bits per heavy atom. The number of hydrogen-bond donors (Lipinski definition) is 0. The maximum atomic E-state index is 5.70. The molecule has 0 N–H and O–H groups in total. The van der Waals surface area contributed by atoms with Gasteiger partial charge in [-0.1, -0.05) is 13.8 Å². The van der Waals surface area contributed by atoms with E-state index in [1.54, 1.807) is 17.4 Å². The molecule has 0 aromatic carbocycles. The minimum absolute atomic E-state index is 0.281. The molecule has 2 aromatic heterocycles. The summed E-state index contributed by atoms with van der Waals surface area (Å²) in [5.74, 6) is 1.69. The first kappa shape index (κ1) is 14.4. The summed E-state index contributed by atoms with van der Waals surface area (Å²) >= 11 is 5.05. The van der Waals surface area contributed by atoms with E-state index in [4.69, 9.17) is 4.74 Å². The Morgan fingerprint density at radius 3 is 2.79 bits per heavy atom. The highest BCUT2D eigenvalue weighted by Crippen LogP contribution is 2.19. The van der Waals surface area contributed by atoms with Crippen LogP contribution < -0.4 is 4.74 Å². The quantitative estimate of drug-likeness (QED) is 0.777. The fourth-order valence-corrected chi connectivity index (χ4v) is 2.70. The van der Waals surface area contributed by atoms with Gasteiger partial charge in [-0.2, -0.15) is 4.98 Å². The van der Waals surface area contributed by atoms with Gasteiger partial charge in [0.2, 0.25) is 5.88 Å². The van der Waals surface area contributed by atoms with Gasteiger partial charge in [-0.05, 0) is 22.9 Å². The van der Waals surface area contributed by atoms with Crippen LogP contribution in [0.3, 0.4) is 0 Å². The van der Waals surface area contributed by atoms with Crippen molar-refractivity contribution in [1.29, 1.82) is 0 Å². The van der Waals surface area contributed by atoms with Crippen molar-refractivity contribution >= 4 is 27.3 Å². The summed E-state index contributed by atoms with van der Waals surface area (Å²) in [6.07, 6.45) is 0.856. The van der Waals surface area contributed by atoms with E-state index in [1.165, 1.54) is 4.88 Å². The first-order valence-corrected chi connectivity index (χ1v) is 7.79. The zero-order valence-corrected chi connectivity index (χ0v) is 13.6. The second-order valence-corrected chi connectivity index (χ2v) is 6.25. The lowest BCUT2D eigenvalue weighted by molar-refractivity contribution is 0.307. The predicted octanol–water partition coefficient (Wildman–Crippen LogP) is 3.75. The molecule has 4 nitrogen and oxygen atoms in total. The van der Waals surface area contributed by atoms with Gasteiger partial charge in [-0.15, -0.1) is 11.3 Å². The van der Waals surface area contributed by atoms with Crippen molar-refractivity contribution in [1.82, 2.24) is 15.0 Å². The Balaban J connectivity index is 1.98. The van der Waals surface area contributed by atoms with Crippen LogP contribution in [-0.4, -0.2) is 21.6 Å². The van der Waals surface area contributed by atoms with Crippen LogP contribution in [0.25, 0.3) is 0 Å². The van der Waals surface area contributed by atoms with E-state index in [9.17, 15) is 0 Å². The lowest BCUT2D eigenvalue weighted by atomic mass is 10.2. The zero-order chi connectivity index (χ0) is 13.8. The number of rotatable bonds is 5. The molecular weight excluding hydrogens is 326 g/mol. The van der Waals surface area contributed by atoms with Crippen molar-refractivity contribution in [3.63, 3.8) is 0 Å². The van der Waals surface area contributed by atoms with E-state index >= 15 is 0 Å². The molecule has 19 heavy (non-hydrogen) atoms. The van der Waals surface area contributed by atoms with Crippen LogP contribution >= 0.6 is 27.3 Å². The Kier molecular flexibility index (Phi) is 4.87. The highest BCUT2D eigenvalue weighted by Gasteiger charge is 2.08. The van der Waals surface area contributed by atoms with Crippen molar-refractivity contribution in [2.24, 2.45) is 0 Å². The molecule has 2 rings (SSSR count). The minimum atomic E-state index is 0.281. The third kappa shape index (κ3) is 3.98. The van der Waals surface area contributed by atoms with E-state index in [0.717, 1.165) is 22.5 Å². The average molecular weight is 342 g/mol. The molecule has 2 heterocycles. The number of thiazole rings is 1. The molecule has 0 aliphatic heterocycles. The molecule has 102 valence electrons. The zero-order valence-electron chi connectivity index (χ0n) is 11.2. The van der Waals surface area contributed by atoms with Gasteiger partial charge in [-0.25, -0.2) is 9.97 Å². The topological polar surface area (TPSA) is 47.9 Å². The molecule has 0 radical (unpaired) electrons. The molecule has 2 aromatic rings. The first-order chi connectivity index (χ1) is 9.06. The predicted molar refractivity (Wildman–Crippen MR) is 79.9 cm³/mol. The Hall–Kier alpha value is -1.01. The third-order valence-electron chi connectivity index (χ3n) is 2.63. The second kappa shape index (κ2) is 6.43. The number of nitrogens with zero attached hydrogens (tertiary/aromatic N) is 3. The normalized spacial score (nSPS) is 11.0. The van der Waals surface area contributed by atoms with Crippen molar-refractivity contribution in [3.05, 3.63) is 32.6 Å². The molecule has 0 saturated carbocycles. The molecule has 0 aliphatic rings. The maximum Gasteiger partial charge on any atom is 0.217 e. The molecule has 0 spiro atoms. The van der Waals surface area contributed by atoms with E-state index in [2.05, 4.69) is 44.7 Å². The van der Waals surface area contributed by atoms with Gasteiger partial charge < -0.3 is 4.74 Å². The lowest BCUT2D eigenvalue weighted by Crippen LogP contribution is -2.05. The number of ether oxygens (including phenoxy) is 1. The SMILES string of the molecule is Cc1ncsc1CCOc1cc(Br)nc(C(C)C)n1. The Labute approximate surface area is 125 Å². The molecule has 6 heteroatoms. The van der Waals surface area contributed by atoms with Crippen molar-refractivity contribution < 1.29 is 4.74 Å². The highest BCUT2D eigenvalue weighted by molar-refractivity contribution is 9.10. The fourth-order valence-electron chi connectivity index (χ4n) is 1.56. The molecule has 0 bridgehead atoms. The van der Waals surface area contributed by atoms with Crippen LogP contribution in [0.5, 0.6) is 5.88 Å². The number of hydrogen-bond acceptors (Lipinski definition) is 5. The van der Waals surface area contributed by atoms with Gasteiger partial charge in [0.15, 0.2) is 0 Å². The first-order valence-electron chi connectivity index (χ1n) is 6.12. The van der Waals surface area contributed by atoms with Crippen molar-refractivity contribution in [2.45, 2.75) is 33.1 Å². The average Bonchev–Trinajstić information content (AvgIpc) is 2.74. The maximum absolute atomic E-state index is 5.70. The summed E-state index contributed by atoms with van der Waals surface area (Å²) in [4.78, 5) is 14.2. The number of aryl methyl sites for hydroxylation is 1. The van der Waals surface area contributed by atoms with Crippen molar-refractivity contribution in [2.75, 3.05) is 6.61 Å². The van der Waals surface area contributed by atoms with E-state index < -0.39 is 0 Å². The summed E-state index contributed by atoms with van der Waals surface area (Å²) in [7, 11) is 0. The second-order valence-electron chi connectivity index (χ2n) is 4.50. The smallest absolute Gasteiger partial charge is 0.217 e. The van der Waals surface area contributed by atoms with Gasteiger partial charge in [0.25, 0.3) is 0 Å². The largest absolute Gasteiger partial charge is 0.477 e. The Morgan fingerprint density at radius 1 is 1.37 bits per heavy atom. The molecular formula is C13H16BrN3OS. The molecule has 0 amide bonds. The summed E-state index contributed by atoms with van der Waals surface area (Å²) in [6.45, 7) is 6.74. The van der Waals surface area contributed by atoms with Crippen LogP contribution in [0.15, 0.2) is 16.2 Å². The van der Waals surface area contributed by atoms with Crippen LogP contribution in [0, 0.1) is 6.92 Å². The monoisotopic (exact) mass is 341 g/mol. The van der Waals surface area contributed by atoms with Crippen LogP contribution in [0.1, 0.15) is 36.2 Å². The van der Waals surface area contributed by atoms with E-state index in [1.807, 2.05) is 12.4 Å². The lowest BCUT2D eigenvalue weighted by Gasteiger charge is -2.09. The standard InChI is InChI=1S/C13H16BrN3OS/c1-8(2)13-16-11(14)6-12(17-13)18-5-4-10-9(3)15-7-19-10/h6-8H,4-5H2,1-3H3. The van der Waals surface area contributed by atoms with Crippen LogP contribution in [0.4, 0.5) is 0 Å². The highest BCUT2D eigenvalue weighted by atomic mass is 79.9. The van der Waals surface area contributed by atoms with Crippen LogP contribution in [-0.2, 0) is 6.42 Å². The molecule has 0 fully saturated rings. The summed E-state index contributed by atoms with van der Waals surface area (Å²) in [5, 5.41) is 0. The van der Waals surface area contributed by atoms with Gasteiger partial charge in [0.05, 0.1) is 17.8 Å². The minimum Gasteiger partial charge on any atom is -0.477 e. The summed E-state index contributed by atoms with van der Waals surface area (Å²) < 4.78 is 6.46. The summed E-state index contributed by atoms with van der Waals surface area (Å²) in [6, 6.07) is 1.80. The third-order valence-corrected chi connectivity index (χ3v) is 4.03. The van der Waals surface area contributed by atoms with Crippen molar-refractivity contribution in [3.8, 4) is 5.88 Å². The number of aromatic nitrogens is 3. The fraction of sp³-hybridized carbons (Fsp3) is 0.462. The number of halogens is 1. The molecule has 0 atom stereocenters. The van der Waals surface area contributed by atoms with Gasteiger partial charge >= 0.3 is 0 Å². The van der Waals surface area contributed by atoms with E-state index in [-0.39, 0.29) is 5.92 Å². The Bertz CT molecular complexity index is 557. The van der Waals surface area contributed by atoms with Gasteiger partial charge in [0.1, 0.15) is 10.4 Å². The van der Waals surface area contributed by atoms with Gasteiger partial charge in [0, 0.05) is 23.3 Å². The molecule has 0 aliphatic carbocycles. The summed E-state index contributed by atoms with van der Waals surface area (Å²) in [5.41, 5.74) is 2.95. The van der Waals surface area contributed by atoms with Crippen LogP contribution in [0.2, 0.25) is 0 Å². The molecule has 0 saturated heterocycles. The van der Waals surface area contributed by atoms with E-state index in [0.29, 0.717) is 12.5 Å². The molecule has 0 unspecified atom stereocenters.